The molecule has 0 bridgehead atoms. The molecule has 1 aliphatic rings. The molecule has 0 radical (unpaired) electrons. The number of nitrogens with one attached hydrogen (secondary N) is 1. The predicted octanol–water partition coefficient (Wildman–Crippen LogP) is 2.90. The zero-order valence-electron chi connectivity index (χ0n) is 9.29. The third-order valence-electron chi connectivity index (χ3n) is 3.32. The Balaban J connectivity index is 2.49. The second-order valence-electron chi connectivity index (χ2n) is 4.28. The second-order valence-corrected chi connectivity index (χ2v) is 5.20. The third kappa shape index (κ3) is 1.86. The van der Waals surface area contributed by atoms with Gasteiger partial charge in [0.25, 0.3) is 0 Å². The minimum absolute atomic E-state index is 0.362. The third-order valence-corrected chi connectivity index (χ3v) is 3.75. The van der Waals surface area contributed by atoms with E-state index in [4.69, 9.17) is 0 Å². The molecule has 1 fully saturated rings. The van der Waals surface area contributed by atoms with Crippen LogP contribution >= 0.6 is 15.9 Å². The van der Waals surface area contributed by atoms with Crippen molar-refractivity contribution < 1.29 is 4.79 Å². The summed E-state index contributed by atoms with van der Waals surface area (Å²) in [4.78, 5) is 15.8. The van der Waals surface area contributed by atoms with Crippen molar-refractivity contribution in [1.82, 2.24) is 4.98 Å². The van der Waals surface area contributed by atoms with Gasteiger partial charge in [-0.25, -0.2) is 0 Å². The Hall–Kier alpha value is -0.900. The first-order valence-electron chi connectivity index (χ1n) is 5.52. The van der Waals surface area contributed by atoms with Crippen LogP contribution < -0.4 is 5.32 Å². The van der Waals surface area contributed by atoms with Crippen LogP contribution in [0.5, 0.6) is 0 Å². The summed E-state index contributed by atoms with van der Waals surface area (Å²) in [5.41, 5.74) is 1.48. The van der Waals surface area contributed by atoms with Gasteiger partial charge in [-0.2, -0.15) is 0 Å². The van der Waals surface area contributed by atoms with Crippen LogP contribution in [0, 0.1) is 0 Å². The van der Waals surface area contributed by atoms with E-state index in [-0.39, 0.29) is 5.41 Å². The van der Waals surface area contributed by atoms with E-state index in [1.807, 2.05) is 13.1 Å². The molecule has 3 nitrogen and oxygen atoms in total. The Morgan fingerprint density at radius 2 is 2.19 bits per heavy atom. The maximum atomic E-state index is 11.4. The molecule has 0 saturated heterocycles. The topological polar surface area (TPSA) is 42.0 Å². The number of aldehydes is 1. The van der Waals surface area contributed by atoms with E-state index >= 15 is 0 Å². The van der Waals surface area contributed by atoms with Gasteiger partial charge in [-0.3, -0.25) is 4.98 Å². The largest absolute Gasteiger partial charge is 0.387 e. The van der Waals surface area contributed by atoms with Crippen LogP contribution in [0.2, 0.25) is 0 Å². The Kier molecular flexibility index (Phi) is 3.28. The minimum Gasteiger partial charge on any atom is -0.387 e. The van der Waals surface area contributed by atoms with E-state index in [1.165, 1.54) is 0 Å². The minimum atomic E-state index is -0.362. The zero-order chi connectivity index (χ0) is 11.6. The lowest BCUT2D eigenvalue weighted by Crippen LogP contribution is -2.26. The van der Waals surface area contributed by atoms with E-state index < -0.39 is 0 Å². The first-order valence-corrected chi connectivity index (χ1v) is 6.31. The van der Waals surface area contributed by atoms with Crippen LogP contribution in [0.3, 0.4) is 0 Å². The van der Waals surface area contributed by atoms with Gasteiger partial charge in [0.05, 0.1) is 16.8 Å². The SMILES string of the molecule is CNc1cc(Br)cnc1C1(C=O)CCCC1. The quantitative estimate of drug-likeness (QED) is 0.867. The highest BCUT2D eigenvalue weighted by molar-refractivity contribution is 9.10. The lowest BCUT2D eigenvalue weighted by atomic mass is 9.83. The molecule has 86 valence electrons. The van der Waals surface area contributed by atoms with Crippen LogP contribution in [-0.4, -0.2) is 18.3 Å². The van der Waals surface area contributed by atoms with Crippen molar-refractivity contribution in [3.8, 4) is 0 Å². The summed E-state index contributed by atoms with van der Waals surface area (Å²) in [7, 11) is 1.86. The molecule has 1 aromatic rings. The molecular weight excluding hydrogens is 268 g/mol. The van der Waals surface area contributed by atoms with Gasteiger partial charge in [0.2, 0.25) is 0 Å². The van der Waals surface area contributed by atoms with Gasteiger partial charge in [0.1, 0.15) is 6.29 Å². The van der Waals surface area contributed by atoms with Crippen LogP contribution in [0.1, 0.15) is 31.4 Å². The zero-order valence-corrected chi connectivity index (χ0v) is 10.9. The van der Waals surface area contributed by atoms with Crippen LogP contribution in [-0.2, 0) is 10.2 Å². The van der Waals surface area contributed by atoms with Crippen molar-refractivity contribution in [3.05, 3.63) is 22.4 Å². The fourth-order valence-electron chi connectivity index (χ4n) is 2.44. The molecule has 1 N–H and O–H groups in total. The van der Waals surface area contributed by atoms with E-state index in [2.05, 4.69) is 26.2 Å². The summed E-state index contributed by atoms with van der Waals surface area (Å²) in [6.07, 6.45) is 6.90. The number of carbonyl (C=O) groups excluding carboxylic acids is 1. The molecule has 0 aromatic carbocycles. The number of halogens is 1. The molecule has 0 spiro atoms. The number of pyridine rings is 1. The van der Waals surface area contributed by atoms with Gasteiger partial charge in [-0.15, -0.1) is 0 Å². The molecule has 0 unspecified atom stereocenters. The molecule has 0 atom stereocenters. The average molecular weight is 283 g/mol. The maximum absolute atomic E-state index is 11.4. The van der Waals surface area contributed by atoms with E-state index in [9.17, 15) is 4.79 Å². The number of rotatable bonds is 3. The normalized spacial score (nSPS) is 18.4. The molecule has 0 aliphatic heterocycles. The number of carbonyl (C=O) groups is 1. The van der Waals surface area contributed by atoms with Crippen LogP contribution in [0.4, 0.5) is 5.69 Å². The smallest absolute Gasteiger partial charge is 0.132 e. The Morgan fingerprint density at radius 1 is 1.50 bits per heavy atom. The van der Waals surface area contributed by atoms with E-state index in [1.54, 1.807) is 6.20 Å². The second kappa shape index (κ2) is 4.53. The van der Waals surface area contributed by atoms with Crippen molar-refractivity contribution in [2.24, 2.45) is 0 Å². The predicted molar refractivity (Wildman–Crippen MR) is 67.7 cm³/mol. The number of aromatic nitrogens is 1. The molecule has 16 heavy (non-hydrogen) atoms. The summed E-state index contributed by atoms with van der Waals surface area (Å²) in [5, 5.41) is 3.12. The fourth-order valence-corrected chi connectivity index (χ4v) is 2.77. The summed E-state index contributed by atoms with van der Waals surface area (Å²) in [5.74, 6) is 0. The average Bonchev–Trinajstić information content (AvgIpc) is 2.78. The summed E-state index contributed by atoms with van der Waals surface area (Å²) in [6, 6.07) is 1.98. The lowest BCUT2D eigenvalue weighted by Gasteiger charge is -2.23. The molecule has 1 saturated carbocycles. The molecular formula is C12H15BrN2O. The standard InChI is InChI=1S/C12H15BrN2O/c1-14-10-6-9(13)7-15-11(10)12(8-16)4-2-3-5-12/h6-8,14H,2-5H2,1H3. The summed E-state index contributed by atoms with van der Waals surface area (Å²) in [6.45, 7) is 0. The maximum Gasteiger partial charge on any atom is 0.132 e. The molecule has 1 aromatic heterocycles. The monoisotopic (exact) mass is 282 g/mol. The molecule has 2 rings (SSSR count). The molecule has 1 heterocycles. The van der Waals surface area contributed by atoms with Gasteiger partial charge in [-0.05, 0) is 34.8 Å². The molecule has 4 heteroatoms. The van der Waals surface area contributed by atoms with Crippen molar-refractivity contribution in [2.45, 2.75) is 31.1 Å². The van der Waals surface area contributed by atoms with Crippen LogP contribution in [0.15, 0.2) is 16.7 Å². The number of anilines is 1. The van der Waals surface area contributed by atoms with E-state index in [0.717, 1.165) is 47.8 Å². The first kappa shape index (κ1) is 11.6. The number of nitrogens with zero attached hydrogens (tertiary/aromatic N) is 1. The molecule has 0 amide bonds. The van der Waals surface area contributed by atoms with Gasteiger partial charge in [0, 0.05) is 17.7 Å². The highest BCUT2D eigenvalue weighted by atomic mass is 79.9. The Morgan fingerprint density at radius 3 is 2.75 bits per heavy atom. The number of hydrogen-bond acceptors (Lipinski definition) is 3. The Labute approximate surface area is 104 Å². The number of hydrogen-bond donors (Lipinski definition) is 1. The fraction of sp³-hybridized carbons (Fsp3) is 0.500. The van der Waals surface area contributed by atoms with Gasteiger partial charge in [-0.1, -0.05) is 12.8 Å². The van der Waals surface area contributed by atoms with Crippen molar-refractivity contribution in [1.29, 1.82) is 0 Å². The first-order chi connectivity index (χ1) is 7.72. The van der Waals surface area contributed by atoms with Crippen molar-refractivity contribution >= 4 is 27.9 Å². The summed E-state index contributed by atoms with van der Waals surface area (Å²) >= 11 is 3.39. The van der Waals surface area contributed by atoms with Gasteiger partial charge in [0.15, 0.2) is 0 Å². The summed E-state index contributed by atoms with van der Waals surface area (Å²) < 4.78 is 0.930. The Bertz CT molecular complexity index is 400. The van der Waals surface area contributed by atoms with Gasteiger partial charge >= 0.3 is 0 Å². The molecule has 1 aliphatic carbocycles. The highest BCUT2D eigenvalue weighted by Gasteiger charge is 2.38. The van der Waals surface area contributed by atoms with Gasteiger partial charge < -0.3 is 10.1 Å². The van der Waals surface area contributed by atoms with E-state index in [0.29, 0.717) is 0 Å². The van der Waals surface area contributed by atoms with Crippen molar-refractivity contribution in [3.63, 3.8) is 0 Å². The van der Waals surface area contributed by atoms with Crippen molar-refractivity contribution in [2.75, 3.05) is 12.4 Å². The van der Waals surface area contributed by atoms with Crippen LogP contribution in [0.25, 0.3) is 0 Å². The lowest BCUT2D eigenvalue weighted by molar-refractivity contribution is -0.112. The highest BCUT2D eigenvalue weighted by Crippen LogP contribution is 2.41.